The van der Waals surface area contributed by atoms with E-state index in [0.29, 0.717) is 29.8 Å². The van der Waals surface area contributed by atoms with Crippen LogP contribution in [0.4, 0.5) is 4.39 Å². The maximum atomic E-state index is 13.6. The molecule has 0 saturated carbocycles. The number of hydrogen-bond donors (Lipinski definition) is 1. The first-order valence-electron chi connectivity index (χ1n) is 8.00. The monoisotopic (exact) mass is 401 g/mol. The number of hydrogen-bond acceptors (Lipinski definition) is 7. The van der Waals surface area contributed by atoms with Crippen LogP contribution in [0.25, 0.3) is 21.3 Å². The smallest absolute Gasteiger partial charge is 0.291 e. The van der Waals surface area contributed by atoms with Crippen molar-refractivity contribution in [2.75, 3.05) is 0 Å². The Labute approximate surface area is 158 Å². The number of aromatic amines is 1. The maximum absolute atomic E-state index is 13.6. The van der Waals surface area contributed by atoms with Crippen molar-refractivity contribution in [3.63, 3.8) is 0 Å². The third kappa shape index (κ3) is 2.58. The highest BCUT2D eigenvalue weighted by molar-refractivity contribution is 7.19. The molecular weight excluding hydrogens is 389 g/mol. The Hall–Kier alpha value is -2.92. The van der Waals surface area contributed by atoms with Crippen molar-refractivity contribution in [2.45, 2.75) is 13.0 Å². The predicted molar refractivity (Wildman–Crippen MR) is 101 cm³/mol. The number of nitrogens with one attached hydrogen (secondary N) is 1. The zero-order valence-electron chi connectivity index (χ0n) is 14.0. The first-order chi connectivity index (χ1) is 13.1. The topological polar surface area (TPSA) is 94.3 Å². The predicted octanol–water partition coefficient (Wildman–Crippen LogP) is 2.30. The van der Waals surface area contributed by atoms with Gasteiger partial charge >= 0.3 is 0 Å². The molecule has 0 aliphatic heterocycles. The van der Waals surface area contributed by atoms with E-state index in [9.17, 15) is 9.18 Å². The van der Waals surface area contributed by atoms with Crippen LogP contribution in [0.3, 0.4) is 0 Å². The van der Waals surface area contributed by atoms with Crippen molar-refractivity contribution < 1.29 is 4.39 Å². The summed E-state index contributed by atoms with van der Waals surface area (Å²) in [7, 11) is 1.81. The van der Waals surface area contributed by atoms with Crippen molar-refractivity contribution in [1.29, 1.82) is 0 Å². The normalized spacial score (nSPS) is 11.8. The summed E-state index contributed by atoms with van der Waals surface area (Å²) in [6, 6.07) is 0. The van der Waals surface area contributed by atoms with Crippen LogP contribution in [-0.4, -0.2) is 34.5 Å². The molecule has 0 fully saturated rings. The molecule has 0 amide bonds. The van der Waals surface area contributed by atoms with Crippen molar-refractivity contribution in [2.24, 2.45) is 7.05 Å². The highest BCUT2D eigenvalue weighted by Gasteiger charge is 2.19. The number of halogens is 1. The van der Waals surface area contributed by atoms with E-state index in [4.69, 9.17) is 0 Å². The van der Waals surface area contributed by atoms with E-state index in [-0.39, 0.29) is 11.4 Å². The molecule has 27 heavy (non-hydrogen) atoms. The highest BCUT2D eigenvalue weighted by atomic mass is 32.1. The molecule has 11 heteroatoms. The number of aromatic nitrogens is 7. The van der Waals surface area contributed by atoms with Gasteiger partial charge in [-0.1, -0.05) is 0 Å². The third-order valence-corrected chi connectivity index (χ3v) is 6.07. The summed E-state index contributed by atoms with van der Waals surface area (Å²) in [5, 5.41) is 14.0. The Kier molecular flexibility index (Phi) is 3.65. The fourth-order valence-electron chi connectivity index (χ4n) is 3.06. The number of fused-ring (bicyclic) bond motifs is 3. The van der Waals surface area contributed by atoms with Crippen LogP contribution in [0.5, 0.6) is 0 Å². The third-order valence-electron chi connectivity index (χ3n) is 4.36. The van der Waals surface area contributed by atoms with Crippen molar-refractivity contribution in [3.8, 4) is 0 Å². The van der Waals surface area contributed by atoms with Crippen LogP contribution in [0.15, 0.2) is 28.1 Å². The Morgan fingerprint density at radius 2 is 2.22 bits per heavy atom. The number of aryl methyl sites for hydroxylation is 1. The summed E-state index contributed by atoms with van der Waals surface area (Å²) in [4.78, 5) is 21.7. The molecule has 136 valence electrons. The minimum absolute atomic E-state index is 0.186. The van der Waals surface area contributed by atoms with E-state index in [1.807, 2.05) is 5.38 Å². The molecule has 0 atom stereocenters. The zero-order chi connectivity index (χ0) is 18.5. The molecule has 0 unspecified atom stereocenters. The quantitative estimate of drug-likeness (QED) is 0.499. The van der Waals surface area contributed by atoms with E-state index in [2.05, 4.69) is 25.3 Å². The molecule has 8 nitrogen and oxygen atoms in total. The van der Waals surface area contributed by atoms with Gasteiger partial charge in [0.25, 0.3) is 5.56 Å². The average molecular weight is 401 g/mol. The Balaban J connectivity index is 1.61. The largest absolute Gasteiger partial charge is 0.323 e. The number of rotatable bonds is 4. The van der Waals surface area contributed by atoms with E-state index in [1.165, 1.54) is 27.4 Å². The highest BCUT2D eigenvalue weighted by Crippen LogP contribution is 2.31. The van der Waals surface area contributed by atoms with Gasteiger partial charge < -0.3 is 4.57 Å². The fourth-order valence-corrected chi connectivity index (χ4v) is 4.73. The van der Waals surface area contributed by atoms with Gasteiger partial charge in [0, 0.05) is 24.2 Å². The van der Waals surface area contributed by atoms with Crippen molar-refractivity contribution in [1.82, 2.24) is 34.5 Å². The molecule has 5 rings (SSSR count). The van der Waals surface area contributed by atoms with Crippen LogP contribution < -0.4 is 5.56 Å². The second kappa shape index (κ2) is 6.06. The lowest BCUT2D eigenvalue weighted by Crippen LogP contribution is -2.24. The van der Waals surface area contributed by atoms with Crippen LogP contribution >= 0.6 is 22.7 Å². The summed E-state index contributed by atoms with van der Waals surface area (Å²) >= 11 is 2.91. The first kappa shape index (κ1) is 16.3. The van der Waals surface area contributed by atoms with E-state index in [1.54, 1.807) is 23.3 Å². The van der Waals surface area contributed by atoms with Crippen molar-refractivity contribution >= 4 is 43.9 Å². The minimum Gasteiger partial charge on any atom is -0.323 e. The van der Waals surface area contributed by atoms with E-state index < -0.39 is 0 Å². The van der Waals surface area contributed by atoms with Gasteiger partial charge in [-0.25, -0.2) is 19.0 Å². The van der Waals surface area contributed by atoms with Gasteiger partial charge in [0.2, 0.25) is 0 Å². The SMILES string of the molecule is Cn1c2nc(Cc3[nH]ncc3F)sc2c2cnn(Cc3cscn3)c(=O)c21. The van der Waals surface area contributed by atoms with Crippen LogP contribution in [-0.2, 0) is 20.0 Å². The fraction of sp³-hybridized carbons (Fsp3) is 0.188. The Morgan fingerprint density at radius 1 is 1.33 bits per heavy atom. The zero-order valence-corrected chi connectivity index (χ0v) is 15.6. The van der Waals surface area contributed by atoms with Crippen LogP contribution in [0.1, 0.15) is 16.4 Å². The summed E-state index contributed by atoms with van der Waals surface area (Å²) in [6.07, 6.45) is 3.15. The van der Waals surface area contributed by atoms with Gasteiger partial charge in [-0.05, 0) is 0 Å². The standard InChI is InChI=1S/C16H12FN7OS2/c1-23-13-9(3-20-24(16(13)25)5-8-6-26-7-18-8)14-15(23)21-12(27-14)2-11-10(17)4-19-22-11/h3-4,6-7H,2,5H2,1H3,(H,19,22). The molecule has 0 radical (unpaired) electrons. The molecule has 1 N–H and O–H groups in total. The lowest BCUT2D eigenvalue weighted by molar-refractivity contribution is 0.614. The molecule has 0 bridgehead atoms. The lowest BCUT2D eigenvalue weighted by Gasteiger charge is -2.03. The van der Waals surface area contributed by atoms with Gasteiger partial charge in [0.05, 0.1) is 40.5 Å². The molecule has 0 aliphatic carbocycles. The van der Waals surface area contributed by atoms with Gasteiger partial charge in [-0.2, -0.15) is 10.2 Å². The van der Waals surface area contributed by atoms with Crippen LogP contribution in [0, 0.1) is 5.82 Å². The summed E-state index contributed by atoms with van der Waals surface area (Å²) in [6.45, 7) is 0.328. The molecule has 0 aliphatic rings. The summed E-state index contributed by atoms with van der Waals surface area (Å²) in [5.41, 5.74) is 3.97. The average Bonchev–Trinajstić information content (AvgIpc) is 3.41. The summed E-state index contributed by atoms with van der Waals surface area (Å²) in [5.74, 6) is -0.384. The van der Waals surface area contributed by atoms with E-state index in [0.717, 1.165) is 27.0 Å². The second-order valence-electron chi connectivity index (χ2n) is 6.04. The Morgan fingerprint density at radius 3 is 2.96 bits per heavy atom. The van der Waals surface area contributed by atoms with Gasteiger partial charge in [-0.3, -0.25) is 9.89 Å². The van der Waals surface area contributed by atoms with Gasteiger partial charge in [-0.15, -0.1) is 22.7 Å². The molecular formula is C16H12FN7OS2. The molecule has 5 aromatic heterocycles. The number of nitrogens with zero attached hydrogens (tertiary/aromatic N) is 6. The lowest BCUT2D eigenvalue weighted by atomic mass is 10.3. The van der Waals surface area contributed by atoms with Crippen molar-refractivity contribution in [3.05, 3.63) is 55.9 Å². The molecule has 0 spiro atoms. The number of H-pyrrole nitrogens is 1. The minimum atomic E-state index is -0.384. The maximum Gasteiger partial charge on any atom is 0.291 e. The summed E-state index contributed by atoms with van der Waals surface area (Å²) < 4.78 is 17.7. The Bertz CT molecular complexity index is 1330. The molecule has 0 saturated heterocycles. The second-order valence-corrected chi connectivity index (χ2v) is 7.84. The van der Waals surface area contributed by atoms with Gasteiger partial charge in [0.15, 0.2) is 11.5 Å². The molecule has 5 aromatic rings. The first-order valence-corrected chi connectivity index (χ1v) is 9.76. The van der Waals surface area contributed by atoms with Gasteiger partial charge in [0.1, 0.15) is 10.5 Å². The molecule has 5 heterocycles. The number of thiazole rings is 2. The van der Waals surface area contributed by atoms with E-state index >= 15 is 0 Å². The van der Waals surface area contributed by atoms with Crippen LogP contribution in [0.2, 0.25) is 0 Å². The molecule has 0 aromatic carbocycles.